The minimum atomic E-state index is -5.15. The number of benzene rings is 3. The van der Waals surface area contributed by atoms with E-state index in [0.29, 0.717) is 33.9 Å². The summed E-state index contributed by atoms with van der Waals surface area (Å²) in [6.45, 7) is 4.74. The lowest BCUT2D eigenvalue weighted by molar-refractivity contribution is -0.171. The molecule has 0 fully saturated rings. The van der Waals surface area contributed by atoms with Crippen molar-refractivity contribution in [2.75, 3.05) is 11.5 Å². The smallest absolute Gasteiger partial charge is 0.471 e. The average molecular weight is 566 g/mol. The standard InChI is InChI=1S/C30H26F3N3O5/c1-4-26-34-21-9-5-6-10-22(21)36(26)23-11-7-8-19-24(15-39-28(19)23)35(29(38)30(31,32)33)18-12-13-20-25(14-18)40-16(2)27(20)41-17(3)37/h5-14,16,24,27H,4,15H2,1-3H3/t16?,24-,27+/m0/s1. The number of aryl methyl sites for hydroxylation is 1. The number of imidazole rings is 1. The average Bonchev–Trinajstić information content (AvgIpc) is 3.61. The van der Waals surface area contributed by atoms with E-state index in [1.165, 1.54) is 25.1 Å². The molecule has 0 radical (unpaired) electrons. The fourth-order valence-electron chi connectivity index (χ4n) is 5.62. The molecule has 3 aromatic carbocycles. The van der Waals surface area contributed by atoms with E-state index in [4.69, 9.17) is 19.2 Å². The van der Waals surface area contributed by atoms with E-state index in [0.717, 1.165) is 16.9 Å². The van der Waals surface area contributed by atoms with Gasteiger partial charge < -0.3 is 14.2 Å². The Balaban J connectivity index is 1.45. The van der Waals surface area contributed by atoms with Crippen LogP contribution in [0.2, 0.25) is 0 Å². The molecule has 8 nitrogen and oxygen atoms in total. The van der Waals surface area contributed by atoms with E-state index < -0.39 is 36.3 Å². The number of carbonyl (C=O) groups is 2. The first-order valence-electron chi connectivity index (χ1n) is 13.2. The molecular weight excluding hydrogens is 539 g/mol. The molecule has 1 unspecified atom stereocenters. The summed E-state index contributed by atoms with van der Waals surface area (Å²) in [5.41, 5.74) is 3.18. The van der Waals surface area contributed by atoms with Crippen molar-refractivity contribution < 1.29 is 37.0 Å². The van der Waals surface area contributed by atoms with Crippen molar-refractivity contribution in [2.24, 2.45) is 0 Å². The highest BCUT2D eigenvalue weighted by Gasteiger charge is 2.48. The molecule has 3 atom stereocenters. The minimum Gasteiger partial charge on any atom is -0.488 e. The third-order valence-corrected chi connectivity index (χ3v) is 7.34. The molecule has 0 saturated carbocycles. The van der Waals surface area contributed by atoms with Crippen LogP contribution < -0.4 is 14.4 Å². The van der Waals surface area contributed by atoms with Crippen LogP contribution in [0.1, 0.15) is 49.9 Å². The highest BCUT2D eigenvalue weighted by Crippen LogP contribution is 2.47. The molecular formula is C30H26F3N3O5. The maximum absolute atomic E-state index is 14.0. The van der Waals surface area contributed by atoms with Crippen molar-refractivity contribution in [3.05, 3.63) is 77.6 Å². The predicted octanol–water partition coefficient (Wildman–Crippen LogP) is 6.00. The highest BCUT2D eigenvalue weighted by atomic mass is 19.4. The zero-order valence-electron chi connectivity index (χ0n) is 22.4. The van der Waals surface area contributed by atoms with Gasteiger partial charge in [-0.05, 0) is 37.3 Å². The summed E-state index contributed by atoms with van der Waals surface area (Å²) >= 11 is 0. The zero-order valence-corrected chi connectivity index (χ0v) is 22.4. The van der Waals surface area contributed by atoms with Gasteiger partial charge >= 0.3 is 18.1 Å². The van der Waals surface area contributed by atoms with Crippen molar-refractivity contribution in [2.45, 2.75) is 51.6 Å². The first-order valence-corrected chi connectivity index (χ1v) is 13.2. The van der Waals surface area contributed by atoms with E-state index in [2.05, 4.69) is 0 Å². The van der Waals surface area contributed by atoms with Gasteiger partial charge in [0.15, 0.2) is 6.10 Å². The van der Waals surface area contributed by atoms with E-state index >= 15 is 0 Å². The molecule has 6 rings (SSSR count). The van der Waals surface area contributed by atoms with Crippen LogP contribution in [0.3, 0.4) is 0 Å². The van der Waals surface area contributed by atoms with Gasteiger partial charge in [-0.25, -0.2) is 4.98 Å². The van der Waals surface area contributed by atoms with Gasteiger partial charge in [-0.2, -0.15) is 13.2 Å². The number of amides is 1. The number of alkyl halides is 3. The minimum absolute atomic E-state index is 0.0177. The monoisotopic (exact) mass is 565 g/mol. The Kier molecular flexibility index (Phi) is 6.39. The lowest BCUT2D eigenvalue weighted by Crippen LogP contribution is -2.44. The fraction of sp³-hybridized carbons (Fsp3) is 0.300. The molecule has 4 aromatic rings. The van der Waals surface area contributed by atoms with Crippen molar-refractivity contribution in [1.82, 2.24) is 9.55 Å². The number of esters is 1. The molecule has 1 amide bonds. The fourth-order valence-corrected chi connectivity index (χ4v) is 5.62. The van der Waals surface area contributed by atoms with Crippen LogP contribution in [0.5, 0.6) is 11.5 Å². The SMILES string of the molecule is CCc1nc2ccccc2n1-c1cccc2c1OC[C@@H]2N(C(=O)C(F)(F)F)c1ccc2c(c1)OC(C)[C@H]2OC(C)=O. The number of para-hydroxylation sites is 3. The molecule has 11 heteroatoms. The number of hydrogen-bond acceptors (Lipinski definition) is 6. The summed E-state index contributed by atoms with van der Waals surface area (Å²) < 4.78 is 61.1. The van der Waals surface area contributed by atoms with Crippen molar-refractivity contribution in [3.63, 3.8) is 0 Å². The second-order valence-corrected chi connectivity index (χ2v) is 9.98. The van der Waals surface area contributed by atoms with Gasteiger partial charge in [0.1, 0.15) is 30.0 Å². The Bertz CT molecular complexity index is 1680. The molecule has 41 heavy (non-hydrogen) atoms. The summed E-state index contributed by atoms with van der Waals surface area (Å²) in [5, 5.41) is 0. The second-order valence-electron chi connectivity index (χ2n) is 9.98. The number of aromatic nitrogens is 2. The lowest BCUT2D eigenvalue weighted by atomic mass is 10.0. The molecule has 0 saturated heterocycles. The topological polar surface area (TPSA) is 82.9 Å². The van der Waals surface area contributed by atoms with Gasteiger partial charge in [0.05, 0.1) is 22.8 Å². The highest BCUT2D eigenvalue weighted by molar-refractivity contribution is 5.98. The summed E-state index contributed by atoms with van der Waals surface area (Å²) in [7, 11) is 0. The number of halogens is 3. The molecule has 212 valence electrons. The normalized spacial score (nSPS) is 19.3. The van der Waals surface area contributed by atoms with Crippen LogP contribution in [-0.4, -0.2) is 40.3 Å². The number of ether oxygens (including phenoxy) is 3. The third-order valence-electron chi connectivity index (χ3n) is 7.34. The lowest BCUT2D eigenvalue weighted by Gasteiger charge is -2.29. The second kappa shape index (κ2) is 9.83. The summed E-state index contributed by atoms with van der Waals surface area (Å²) in [6, 6.07) is 16.0. The molecule has 0 aliphatic carbocycles. The first-order chi connectivity index (χ1) is 19.6. The van der Waals surface area contributed by atoms with Gasteiger partial charge in [0.2, 0.25) is 0 Å². The van der Waals surface area contributed by atoms with Gasteiger partial charge in [-0.15, -0.1) is 0 Å². The zero-order chi connectivity index (χ0) is 29.1. The van der Waals surface area contributed by atoms with Gasteiger partial charge in [-0.1, -0.05) is 31.2 Å². The largest absolute Gasteiger partial charge is 0.488 e. The Labute approximate surface area is 233 Å². The number of hydrogen-bond donors (Lipinski definition) is 0. The van der Waals surface area contributed by atoms with E-state index in [9.17, 15) is 22.8 Å². The third kappa shape index (κ3) is 4.45. The van der Waals surface area contributed by atoms with Crippen LogP contribution in [0, 0.1) is 0 Å². The van der Waals surface area contributed by atoms with Crippen LogP contribution in [-0.2, 0) is 20.7 Å². The molecule has 2 aliphatic heterocycles. The summed E-state index contributed by atoms with van der Waals surface area (Å²) in [6.07, 6.45) is -5.79. The predicted molar refractivity (Wildman–Crippen MR) is 143 cm³/mol. The van der Waals surface area contributed by atoms with Crippen LogP contribution in [0.25, 0.3) is 16.7 Å². The Morgan fingerprint density at radius 2 is 1.88 bits per heavy atom. The molecule has 2 aliphatic rings. The number of anilines is 1. The number of fused-ring (bicyclic) bond motifs is 3. The molecule has 0 spiro atoms. The van der Waals surface area contributed by atoms with Crippen molar-refractivity contribution in [1.29, 1.82) is 0 Å². The quantitative estimate of drug-likeness (QED) is 0.276. The maximum atomic E-state index is 14.0. The first kappa shape index (κ1) is 26.7. The molecule has 3 heterocycles. The van der Waals surface area contributed by atoms with Gasteiger partial charge in [-0.3, -0.25) is 19.1 Å². The van der Waals surface area contributed by atoms with Crippen LogP contribution in [0.15, 0.2) is 60.7 Å². The molecule has 0 N–H and O–H groups in total. The van der Waals surface area contributed by atoms with Crippen molar-refractivity contribution >= 4 is 28.6 Å². The maximum Gasteiger partial charge on any atom is 0.471 e. The van der Waals surface area contributed by atoms with Crippen LogP contribution in [0.4, 0.5) is 18.9 Å². The van der Waals surface area contributed by atoms with E-state index in [-0.39, 0.29) is 18.0 Å². The number of nitrogens with zero attached hydrogens (tertiary/aromatic N) is 3. The Morgan fingerprint density at radius 1 is 1.10 bits per heavy atom. The van der Waals surface area contributed by atoms with Gasteiger partial charge in [0, 0.05) is 36.2 Å². The number of carbonyl (C=O) groups excluding carboxylic acids is 2. The van der Waals surface area contributed by atoms with Crippen molar-refractivity contribution in [3.8, 4) is 17.2 Å². The summed E-state index contributed by atoms with van der Waals surface area (Å²) in [4.78, 5) is 29.9. The summed E-state index contributed by atoms with van der Waals surface area (Å²) in [5.74, 6) is -1.15. The Hall–Kier alpha value is -4.54. The molecule has 1 aromatic heterocycles. The Morgan fingerprint density at radius 3 is 2.61 bits per heavy atom. The number of rotatable bonds is 5. The van der Waals surface area contributed by atoms with Crippen LogP contribution >= 0.6 is 0 Å². The molecule has 0 bridgehead atoms. The van der Waals surface area contributed by atoms with E-state index in [1.807, 2.05) is 41.8 Å². The van der Waals surface area contributed by atoms with E-state index in [1.54, 1.807) is 19.1 Å². The van der Waals surface area contributed by atoms with Gasteiger partial charge in [0.25, 0.3) is 0 Å².